The minimum atomic E-state index is -4.00. The molecule has 0 saturated carbocycles. The molecule has 0 aliphatic heterocycles. The molecule has 1 unspecified atom stereocenters. The molecule has 0 saturated heterocycles. The highest BCUT2D eigenvalue weighted by atomic mass is 32.2. The van der Waals surface area contributed by atoms with Crippen LogP contribution in [0.25, 0.3) is 0 Å². The molecule has 14 nitrogen and oxygen atoms in total. The van der Waals surface area contributed by atoms with Crippen molar-refractivity contribution >= 4 is 39.7 Å². The van der Waals surface area contributed by atoms with E-state index in [1.807, 2.05) is 0 Å². The number of nitrogens with zero attached hydrogens (tertiary/aromatic N) is 3. The van der Waals surface area contributed by atoms with Gasteiger partial charge in [0.2, 0.25) is 10.0 Å². The minimum absolute atomic E-state index is 0.0808. The molecule has 0 aliphatic carbocycles. The monoisotopic (exact) mass is 507 g/mol. The number of nitrogens with two attached hydrogens (primary N) is 3. The van der Waals surface area contributed by atoms with Crippen LogP contribution < -0.4 is 27.5 Å². The number of ketones is 1. The normalized spacial score (nSPS) is 13.7. The largest absolute Gasteiger partial charge is 0.480 e. The number of aldehydes is 1. The smallest absolute Gasteiger partial charge is 0.331 e. The molecule has 0 spiro atoms. The summed E-state index contributed by atoms with van der Waals surface area (Å²) in [6.45, 7) is -0.960. The Morgan fingerprint density at radius 1 is 1.26 bits per heavy atom. The summed E-state index contributed by atoms with van der Waals surface area (Å²) in [7, 11) is -4.00. The number of benzene rings is 1. The maximum absolute atomic E-state index is 12.9. The van der Waals surface area contributed by atoms with E-state index in [9.17, 15) is 32.7 Å². The second-order valence-corrected chi connectivity index (χ2v) is 9.28. The van der Waals surface area contributed by atoms with Crippen LogP contribution in [0.1, 0.15) is 12.0 Å². The summed E-state index contributed by atoms with van der Waals surface area (Å²) in [5.74, 6) is -5.01. The molecule has 35 heavy (non-hydrogen) atoms. The van der Waals surface area contributed by atoms with E-state index < -0.39 is 56.8 Å². The van der Waals surface area contributed by atoms with Gasteiger partial charge in [0.05, 0.1) is 30.7 Å². The Morgan fingerprint density at radius 2 is 1.91 bits per heavy atom. The van der Waals surface area contributed by atoms with E-state index in [2.05, 4.69) is 14.7 Å². The standard InChI is InChI=1S/C20H25N7O7S/c21-19(22)25-7-6-14(20(23,11-28)18(31)32)16(29)9-27-12-24-8-15(17(27)30)26-35(33,34)10-13-4-2-1-3-5-13/h1-5,8,11-12,14,26H,6-7,9-10,23H2,(H,31,32)(H4,21,22,25)/t14?,20-/m0/s1. The van der Waals surface area contributed by atoms with Crippen LogP contribution in [0.2, 0.25) is 0 Å². The number of guanidine groups is 1. The molecule has 1 aromatic heterocycles. The van der Waals surface area contributed by atoms with Gasteiger partial charge in [0.15, 0.2) is 23.6 Å². The van der Waals surface area contributed by atoms with Crippen LogP contribution in [0, 0.1) is 5.92 Å². The van der Waals surface area contributed by atoms with Gasteiger partial charge in [0.25, 0.3) is 5.56 Å². The average molecular weight is 508 g/mol. The lowest BCUT2D eigenvalue weighted by molar-refractivity contribution is -0.151. The van der Waals surface area contributed by atoms with Gasteiger partial charge in [-0.1, -0.05) is 30.3 Å². The van der Waals surface area contributed by atoms with Gasteiger partial charge in [0.1, 0.15) is 5.69 Å². The predicted molar refractivity (Wildman–Crippen MR) is 126 cm³/mol. The second kappa shape index (κ2) is 11.3. The lowest BCUT2D eigenvalue weighted by atomic mass is 9.80. The first-order chi connectivity index (χ1) is 16.4. The lowest BCUT2D eigenvalue weighted by Crippen LogP contribution is -2.59. The highest BCUT2D eigenvalue weighted by molar-refractivity contribution is 7.91. The Balaban J connectivity index is 2.30. The number of aliphatic imine (C=N–C) groups is 1. The van der Waals surface area contributed by atoms with Crippen molar-refractivity contribution in [1.82, 2.24) is 9.55 Å². The first-order valence-electron chi connectivity index (χ1n) is 10.0. The molecule has 1 aromatic carbocycles. The number of sulfonamides is 1. The first kappa shape index (κ1) is 27.1. The minimum Gasteiger partial charge on any atom is -0.480 e. The van der Waals surface area contributed by atoms with E-state index in [0.717, 1.165) is 17.1 Å². The lowest BCUT2D eigenvalue weighted by Gasteiger charge is -2.27. The van der Waals surface area contributed by atoms with Gasteiger partial charge in [-0.25, -0.2) is 18.2 Å². The summed E-state index contributed by atoms with van der Waals surface area (Å²) in [6, 6.07) is 8.22. The Bertz CT molecular complexity index is 1270. The van der Waals surface area contributed by atoms with Crippen LogP contribution in [0.4, 0.5) is 5.69 Å². The number of carboxylic acid groups (broad SMARTS) is 1. The molecule has 0 radical (unpaired) electrons. The number of hydrogen-bond donors (Lipinski definition) is 5. The topological polar surface area (TPSA) is 243 Å². The highest BCUT2D eigenvalue weighted by Gasteiger charge is 2.46. The maximum atomic E-state index is 12.9. The summed E-state index contributed by atoms with van der Waals surface area (Å²) in [6.07, 6.45) is 1.53. The van der Waals surface area contributed by atoms with Crippen LogP contribution in [0.5, 0.6) is 0 Å². The van der Waals surface area contributed by atoms with Crippen LogP contribution in [-0.2, 0) is 36.7 Å². The molecule has 0 aliphatic rings. The number of aromatic nitrogens is 2. The van der Waals surface area contributed by atoms with Gasteiger partial charge in [-0.2, -0.15) is 0 Å². The number of carbonyl (C=O) groups is 3. The molecule has 2 aromatic rings. The first-order valence-corrected chi connectivity index (χ1v) is 11.7. The zero-order chi connectivity index (χ0) is 26.2. The molecular weight excluding hydrogens is 482 g/mol. The Morgan fingerprint density at radius 3 is 2.49 bits per heavy atom. The van der Waals surface area contributed by atoms with Gasteiger partial charge >= 0.3 is 5.97 Å². The fourth-order valence-electron chi connectivity index (χ4n) is 3.18. The van der Waals surface area contributed by atoms with Gasteiger partial charge in [0, 0.05) is 6.54 Å². The molecule has 0 amide bonds. The third kappa shape index (κ3) is 7.18. The molecule has 1 heterocycles. The number of hydrogen-bond acceptors (Lipinski definition) is 9. The summed E-state index contributed by atoms with van der Waals surface area (Å²) >= 11 is 0. The van der Waals surface area contributed by atoms with Crippen molar-refractivity contribution in [2.45, 2.75) is 24.3 Å². The molecule has 8 N–H and O–H groups in total. The fourth-order valence-corrected chi connectivity index (χ4v) is 4.36. The van der Waals surface area contributed by atoms with Gasteiger partial charge in [-0.3, -0.25) is 23.9 Å². The zero-order valence-electron chi connectivity index (χ0n) is 18.4. The second-order valence-electron chi connectivity index (χ2n) is 7.56. The van der Waals surface area contributed by atoms with Crippen molar-refractivity contribution in [2.75, 3.05) is 11.3 Å². The highest BCUT2D eigenvalue weighted by Crippen LogP contribution is 2.20. The zero-order valence-corrected chi connectivity index (χ0v) is 19.2. The maximum Gasteiger partial charge on any atom is 0.331 e. The molecule has 15 heteroatoms. The third-order valence-corrected chi connectivity index (χ3v) is 6.18. The van der Waals surface area contributed by atoms with Crippen molar-refractivity contribution in [3.8, 4) is 0 Å². The van der Waals surface area contributed by atoms with E-state index in [0.29, 0.717) is 5.56 Å². The van der Waals surface area contributed by atoms with Crippen LogP contribution in [0.3, 0.4) is 0 Å². The molecule has 2 rings (SSSR count). The van der Waals surface area contributed by atoms with E-state index in [-0.39, 0.29) is 25.2 Å². The third-order valence-electron chi connectivity index (χ3n) is 4.93. The van der Waals surface area contributed by atoms with E-state index in [1.165, 1.54) is 0 Å². The van der Waals surface area contributed by atoms with Gasteiger partial charge in [-0.05, 0) is 12.0 Å². The number of aliphatic carboxylic acids is 1. The van der Waals surface area contributed by atoms with Crippen molar-refractivity contribution in [3.63, 3.8) is 0 Å². The van der Waals surface area contributed by atoms with Gasteiger partial charge in [-0.15, -0.1) is 0 Å². The van der Waals surface area contributed by atoms with Crippen molar-refractivity contribution in [2.24, 2.45) is 28.1 Å². The van der Waals surface area contributed by atoms with Crippen molar-refractivity contribution in [3.05, 3.63) is 58.8 Å². The van der Waals surface area contributed by atoms with Crippen molar-refractivity contribution in [1.29, 1.82) is 0 Å². The average Bonchev–Trinajstić information content (AvgIpc) is 2.78. The predicted octanol–water partition coefficient (Wildman–Crippen LogP) is -1.98. The molecular formula is C20H25N7O7S. The quantitative estimate of drug-likeness (QED) is 0.0860. The molecule has 188 valence electrons. The number of rotatable bonds is 13. The number of Topliss-reactive ketones (excluding diaryl/α,β-unsaturated/α-hetero) is 1. The Labute approximate surface area is 199 Å². The molecule has 0 fully saturated rings. The van der Waals surface area contributed by atoms with E-state index in [4.69, 9.17) is 17.2 Å². The number of nitrogens with one attached hydrogen (secondary N) is 1. The molecule has 0 bridgehead atoms. The van der Waals surface area contributed by atoms with Crippen LogP contribution >= 0.6 is 0 Å². The summed E-state index contributed by atoms with van der Waals surface area (Å²) in [5, 5.41) is 9.42. The Hall–Kier alpha value is -4.11. The summed E-state index contributed by atoms with van der Waals surface area (Å²) < 4.78 is 27.8. The number of carboxylic acids is 1. The molecule has 2 atom stereocenters. The van der Waals surface area contributed by atoms with E-state index in [1.54, 1.807) is 30.3 Å². The van der Waals surface area contributed by atoms with Crippen LogP contribution in [-0.4, -0.2) is 59.2 Å². The van der Waals surface area contributed by atoms with E-state index >= 15 is 0 Å². The SMILES string of the molecule is NC(N)=NCCC(C(=O)Cn1cncc(NS(=O)(=O)Cc2ccccc2)c1=O)[C@@](N)(C=O)C(=O)O. The fraction of sp³-hybridized carbons (Fsp3) is 0.300. The van der Waals surface area contributed by atoms with Crippen LogP contribution in [0.15, 0.2) is 52.6 Å². The Kier molecular flexibility index (Phi) is 8.80. The van der Waals surface area contributed by atoms with Gasteiger partial charge < -0.3 is 27.1 Å². The number of carbonyl (C=O) groups excluding carboxylic acids is 2. The summed E-state index contributed by atoms with van der Waals surface area (Å²) in [5.41, 5.74) is 12.7. The number of anilines is 1. The van der Waals surface area contributed by atoms with Crippen molar-refractivity contribution < 1.29 is 27.9 Å². The summed E-state index contributed by atoms with van der Waals surface area (Å²) in [4.78, 5) is 56.3.